The van der Waals surface area contributed by atoms with Crippen molar-refractivity contribution in [3.63, 3.8) is 0 Å². The fourth-order valence-electron chi connectivity index (χ4n) is 7.97. The zero-order valence-electron chi connectivity index (χ0n) is 32.5. The Bertz CT molecular complexity index is 2400. The van der Waals surface area contributed by atoms with Crippen molar-refractivity contribution in [2.45, 2.75) is 32.4 Å². The smallest absolute Gasteiger partial charge is 0.328 e. The molecule has 0 bridgehead atoms. The van der Waals surface area contributed by atoms with Crippen LogP contribution in [0.2, 0.25) is 0 Å². The van der Waals surface area contributed by atoms with Gasteiger partial charge in [-0.05, 0) is 65.1 Å². The van der Waals surface area contributed by atoms with Gasteiger partial charge in [0.2, 0.25) is 11.8 Å². The summed E-state index contributed by atoms with van der Waals surface area (Å²) in [5.41, 5.74) is 5.22. The zero-order chi connectivity index (χ0) is 40.5. The standard InChI is InChI=1S/C43H45F2N9O4/c1-49(2)42(57)36-25-34-32(24-33(40(45)41(34)47-36)30-5-3-15-52(27-30)39(56)13-17-53-16-4-14-46-53)29-8-6-28(7-9-29)26-50-19-21-51(22-20-50)37-11-10-31(23-35(37)44)54-18-12-38(55)48-43(54)58/h4-11,14,16,23-25,47H,3,12-13,15,17-22,26-27H2,1-2H3,(H,48,55,58). The minimum atomic E-state index is -0.549. The summed E-state index contributed by atoms with van der Waals surface area (Å²) < 4.78 is 33.6. The Morgan fingerprint density at radius 1 is 0.914 bits per heavy atom. The summed E-state index contributed by atoms with van der Waals surface area (Å²) in [6, 6.07) is 17.7. The number of carbonyl (C=O) groups excluding carboxylic acids is 4. The molecule has 2 fully saturated rings. The van der Waals surface area contributed by atoms with Crippen molar-refractivity contribution in [2.24, 2.45) is 0 Å². The summed E-state index contributed by atoms with van der Waals surface area (Å²) in [5, 5.41) is 7.05. The lowest BCUT2D eigenvalue weighted by atomic mass is 9.93. The van der Waals surface area contributed by atoms with Gasteiger partial charge in [0.05, 0.1) is 11.2 Å². The van der Waals surface area contributed by atoms with Crippen molar-refractivity contribution in [2.75, 3.05) is 69.7 Å². The van der Waals surface area contributed by atoms with Gasteiger partial charge >= 0.3 is 6.03 Å². The lowest BCUT2D eigenvalue weighted by molar-refractivity contribution is -0.131. The Hall–Kier alpha value is -6.35. The van der Waals surface area contributed by atoms with Crippen molar-refractivity contribution in [3.8, 4) is 11.1 Å². The number of hydrogen-bond acceptors (Lipinski definition) is 7. The molecule has 2 saturated heterocycles. The summed E-state index contributed by atoms with van der Waals surface area (Å²) in [6.45, 7) is 4.84. The number of nitrogens with one attached hydrogen (secondary N) is 2. The minimum absolute atomic E-state index is 0.0234. The van der Waals surface area contributed by atoms with Crippen LogP contribution in [0, 0.1) is 11.6 Å². The van der Waals surface area contributed by atoms with Crippen molar-refractivity contribution in [1.29, 1.82) is 0 Å². The number of H-pyrrole nitrogens is 1. The number of imide groups is 1. The second-order valence-corrected chi connectivity index (χ2v) is 15.2. The SMILES string of the molecule is CN(C)C(=O)c1cc2c(-c3ccc(CN4CCN(c5ccc(N6CCC(=O)NC6=O)cc5F)CC4)cc3)cc(C3=CCCN(C(=O)CCn4cccn4)C3)c(F)c2[nH]1. The second-order valence-electron chi connectivity index (χ2n) is 15.2. The van der Waals surface area contributed by atoms with Gasteiger partial charge in [-0.25, -0.2) is 13.6 Å². The number of halogens is 2. The first-order valence-electron chi connectivity index (χ1n) is 19.5. The van der Waals surface area contributed by atoms with Gasteiger partial charge in [-0.1, -0.05) is 30.3 Å². The molecule has 0 aliphatic carbocycles. The van der Waals surface area contributed by atoms with E-state index in [4.69, 9.17) is 0 Å². The van der Waals surface area contributed by atoms with Crippen LogP contribution in [0.4, 0.5) is 25.0 Å². The summed E-state index contributed by atoms with van der Waals surface area (Å²) in [5.74, 6) is -1.52. The average Bonchev–Trinajstić information content (AvgIpc) is 3.92. The molecule has 300 valence electrons. The minimum Gasteiger partial charge on any atom is -0.367 e. The number of anilines is 2. The summed E-state index contributed by atoms with van der Waals surface area (Å²) in [7, 11) is 3.30. The fraction of sp³-hybridized carbons (Fsp3) is 0.326. The molecule has 0 spiro atoms. The number of urea groups is 1. The van der Waals surface area contributed by atoms with Crippen LogP contribution in [0.15, 0.2) is 79.1 Å². The molecule has 0 unspecified atom stereocenters. The van der Waals surface area contributed by atoms with Crippen molar-refractivity contribution < 1.29 is 28.0 Å². The van der Waals surface area contributed by atoms with E-state index in [9.17, 15) is 19.2 Å². The van der Waals surface area contributed by atoms with E-state index in [0.29, 0.717) is 80.1 Å². The van der Waals surface area contributed by atoms with E-state index in [2.05, 4.69) is 32.4 Å². The number of aromatic nitrogens is 3. The molecule has 2 aromatic heterocycles. The highest BCUT2D eigenvalue weighted by molar-refractivity contribution is 6.06. The van der Waals surface area contributed by atoms with Gasteiger partial charge in [-0.3, -0.25) is 34.2 Å². The first-order valence-corrected chi connectivity index (χ1v) is 19.5. The Morgan fingerprint density at radius 3 is 2.41 bits per heavy atom. The molecule has 5 aromatic rings. The van der Waals surface area contributed by atoms with Gasteiger partial charge in [0.15, 0.2) is 5.82 Å². The quantitative estimate of drug-likeness (QED) is 0.192. The Labute approximate surface area is 334 Å². The molecule has 15 heteroatoms. The predicted octanol–water partition coefficient (Wildman–Crippen LogP) is 5.49. The maximum Gasteiger partial charge on any atom is 0.328 e. The number of hydrogen-bond donors (Lipinski definition) is 2. The molecule has 2 N–H and O–H groups in total. The van der Waals surface area contributed by atoms with Gasteiger partial charge in [-0.15, -0.1) is 0 Å². The van der Waals surface area contributed by atoms with Crippen molar-refractivity contribution in [1.82, 2.24) is 34.8 Å². The first kappa shape index (κ1) is 38.5. The van der Waals surface area contributed by atoms with Crippen LogP contribution in [0.5, 0.6) is 0 Å². The van der Waals surface area contributed by atoms with Crippen LogP contribution in [-0.4, -0.2) is 113 Å². The number of carbonyl (C=O) groups is 4. The Kier molecular flexibility index (Phi) is 10.8. The number of nitrogens with zero attached hydrogens (tertiary/aromatic N) is 7. The van der Waals surface area contributed by atoms with Gasteiger partial charge < -0.3 is 19.7 Å². The Balaban J connectivity index is 0.973. The molecular weight excluding hydrogens is 745 g/mol. The molecule has 0 saturated carbocycles. The number of benzene rings is 3. The molecule has 8 rings (SSSR count). The maximum absolute atomic E-state index is 16.5. The van der Waals surface area contributed by atoms with Gasteiger partial charge in [0.25, 0.3) is 5.91 Å². The van der Waals surface area contributed by atoms with Crippen LogP contribution in [-0.2, 0) is 22.7 Å². The first-order chi connectivity index (χ1) is 28.0. The van der Waals surface area contributed by atoms with Crippen LogP contribution in [0.3, 0.4) is 0 Å². The monoisotopic (exact) mass is 789 g/mol. The number of aromatic amines is 1. The third kappa shape index (κ3) is 7.94. The highest BCUT2D eigenvalue weighted by atomic mass is 19.1. The van der Waals surface area contributed by atoms with E-state index < -0.39 is 17.7 Å². The van der Waals surface area contributed by atoms with E-state index in [1.54, 1.807) is 48.1 Å². The lowest BCUT2D eigenvalue weighted by Crippen LogP contribution is -2.49. The van der Waals surface area contributed by atoms with Gasteiger partial charge in [0, 0.05) is 115 Å². The molecule has 3 aromatic carbocycles. The zero-order valence-corrected chi connectivity index (χ0v) is 32.5. The van der Waals surface area contributed by atoms with Gasteiger partial charge in [-0.2, -0.15) is 5.10 Å². The fourth-order valence-corrected chi connectivity index (χ4v) is 7.97. The molecule has 0 radical (unpaired) electrons. The lowest BCUT2D eigenvalue weighted by Gasteiger charge is -2.36. The highest BCUT2D eigenvalue weighted by Gasteiger charge is 2.28. The van der Waals surface area contributed by atoms with E-state index in [1.165, 1.54) is 15.9 Å². The Morgan fingerprint density at radius 2 is 1.71 bits per heavy atom. The van der Waals surface area contributed by atoms with Crippen LogP contribution in [0.1, 0.15) is 40.9 Å². The van der Waals surface area contributed by atoms with E-state index in [1.807, 2.05) is 41.4 Å². The largest absolute Gasteiger partial charge is 0.367 e. The maximum atomic E-state index is 16.5. The topological polar surface area (TPSA) is 130 Å². The molecule has 58 heavy (non-hydrogen) atoms. The van der Waals surface area contributed by atoms with Crippen LogP contribution in [0.25, 0.3) is 27.6 Å². The molecule has 0 atom stereocenters. The third-order valence-corrected chi connectivity index (χ3v) is 11.1. The number of amides is 5. The van der Waals surface area contributed by atoms with E-state index >= 15 is 8.78 Å². The third-order valence-electron chi connectivity index (χ3n) is 11.1. The molecule has 5 amide bonds. The van der Waals surface area contributed by atoms with Crippen LogP contribution >= 0.6 is 0 Å². The number of piperazine rings is 1. The number of fused-ring (bicyclic) bond motifs is 1. The van der Waals surface area contributed by atoms with Crippen molar-refractivity contribution >= 4 is 51.6 Å². The number of aryl methyl sites for hydroxylation is 1. The number of rotatable bonds is 10. The molecular formula is C43H45F2N9O4. The molecule has 5 heterocycles. The molecule has 13 nitrogen and oxygen atoms in total. The molecule has 3 aliphatic heterocycles. The van der Waals surface area contributed by atoms with E-state index in [-0.39, 0.29) is 54.9 Å². The van der Waals surface area contributed by atoms with Gasteiger partial charge in [0.1, 0.15) is 11.5 Å². The predicted molar refractivity (Wildman–Crippen MR) is 217 cm³/mol. The molecule has 3 aliphatic rings. The summed E-state index contributed by atoms with van der Waals surface area (Å²) in [6.07, 6.45) is 6.54. The highest BCUT2D eigenvalue weighted by Crippen LogP contribution is 2.37. The normalized spacial score (nSPS) is 16.5. The second kappa shape index (κ2) is 16.3. The van der Waals surface area contributed by atoms with Crippen molar-refractivity contribution in [3.05, 3.63) is 108 Å². The summed E-state index contributed by atoms with van der Waals surface area (Å²) >= 11 is 0. The van der Waals surface area contributed by atoms with Crippen LogP contribution < -0.4 is 15.1 Å². The average molecular weight is 790 g/mol. The van der Waals surface area contributed by atoms with E-state index in [0.717, 1.165) is 16.7 Å². The summed E-state index contributed by atoms with van der Waals surface area (Å²) in [4.78, 5) is 62.0.